The van der Waals surface area contributed by atoms with E-state index in [1.54, 1.807) is 7.11 Å². The molecule has 0 aromatic heterocycles. The van der Waals surface area contributed by atoms with Gasteiger partial charge in [-0.2, -0.15) is 0 Å². The minimum absolute atomic E-state index is 0.113. The number of hydrogen-bond donors (Lipinski definition) is 3. The maximum atomic E-state index is 12.4. The van der Waals surface area contributed by atoms with Gasteiger partial charge in [0.05, 0.1) is 7.11 Å². The van der Waals surface area contributed by atoms with E-state index in [0.29, 0.717) is 19.8 Å². The zero-order valence-corrected chi connectivity index (χ0v) is 22.1. The summed E-state index contributed by atoms with van der Waals surface area (Å²) in [5.74, 6) is -1.85. The fourth-order valence-corrected chi connectivity index (χ4v) is 3.95. The Bertz CT molecular complexity index is 995. The van der Waals surface area contributed by atoms with Crippen molar-refractivity contribution in [2.24, 2.45) is 5.92 Å². The predicted octanol–water partition coefficient (Wildman–Crippen LogP) is 3.18. The van der Waals surface area contributed by atoms with Crippen LogP contribution in [-0.4, -0.2) is 72.9 Å². The van der Waals surface area contributed by atoms with E-state index in [1.165, 1.54) is 5.56 Å². The fourth-order valence-electron chi connectivity index (χ4n) is 3.95. The molecule has 1 aliphatic heterocycles. The number of rotatable bonds is 12. The molecule has 1 heterocycles. The van der Waals surface area contributed by atoms with Gasteiger partial charge in [-0.15, -0.1) is 0 Å². The van der Waals surface area contributed by atoms with Crippen LogP contribution in [-0.2, 0) is 32.3 Å². The highest BCUT2D eigenvalue weighted by Crippen LogP contribution is 2.30. The second-order valence-electron chi connectivity index (χ2n) is 8.76. The number of likely N-dealkylation sites (tertiary alicyclic amines) is 1. The molecule has 3 N–H and O–H groups in total. The molecule has 3 rings (SSSR count). The second kappa shape index (κ2) is 17.0. The van der Waals surface area contributed by atoms with Gasteiger partial charge in [0, 0.05) is 32.2 Å². The number of ether oxygens (including phenoxy) is 3. The Kier molecular flexibility index (Phi) is 13.7. The van der Waals surface area contributed by atoms with E-state index in [2.05, 4.69) is 22.3 Å². The molecule has 0 unspecified atom stereocenters. The summed E-state index contributed by atoms with van der Waals surface area (Å²) in [7, 11) is 1.67. The van der Waals surface area contributed by atoms with Crippen molar-refractivity contribution in [2.75, 3.05) is 40.0 Å². The molecular weight excluding hydrogens is 492 g/mol. The molecular formula is C28H38N2O8. The fraction of sp³-hybridized carbons (Fsp3) is 0.464. The van der Waals surface area contributed by atoms with Crippen molar-refractivity contribution in [1.82, 2.24) is 10.2 Å². The molecule has 10 nitrogen and oxygen atoms in total. The van der Waals surface area contributed by atoms with Gasteiger partial charge in [0.2, 0.25) is 5.91 Å². The highest BCUT2D eigenvalue weighted by Gasteiger charge is 2.24. The van der Waals surface area contributed by atoms with Gasteiger partial charge in [0.1, 0.15) is 6.61 Å². The molecule has 0 atom stereocenters. The lowest BCUT2D eigenvalue weighted by Gasteiger charge is -2.31. The molecule has 2 aromatic rings. The Labute approximate surface area is 223 Å². The SMILES string of the molecule is CCOCCCNC(=O)C1CCN(Cc2ccc(OCc3ccccc3)c(OC)c2)CC1.O=C(O)C(=O)O. The summed E-state index contributed by atoms with van der Waals surface area (Å²) in [6.07, 6.45) is 2.66. The van der Waals surface area contributed by atoms with Crippen LogP contribution in [0.15, 0.2) is 48.5 Å². The minimum Gasteiger partial charge on any atom is -0.493 e. The molecule has 1 amide bonds. The number of nitrogens with zero attached hydrogens (tertiary/aromatic N) is 1. The van der Waals surface area contributed by atoms with Crippen LogP contribution < -0.4 is 14.8 Å². The molecule has 1 fully saturated rings. The van der Waals surface area contributed by atoms with E-state index in [0.717, 1.165) is 62.6 Å². The first-order chi connectivity index (χ1) is 18.3. The summed E-state index contributed by atoms with van der Waals surface area (Å²) in [4.78, 5) is 33.0. The van der Waals surface area contributed by atoms with E-state index in [4.69, 9.17) is 34.0 Å². The van der Waals surface area contributed by atoms with Gasteiger partial charge in [-0.1, -0.05) is 36.4 Å². The van der Waals surface area contributed by atoms with Crippen molar-refractivity contribution >= 4 is 17.8 Å². The van der Waals surface area contributed by atoms with Crippen molar-refractivity contribution in [3.05, 3.63) is 59.7 Å². The van der Waals surface area contributed by atoms with Crippen LogP contribution in [0.3, 0.4) is 0 Å². The Hall–Kier alpha value is -3.63. The average molecular weight is 531 g/mol. The molecule has 208 valence electrons. The van der Waals surface area contributed by atoms with E-state index in [9.17, 15) is 4.79 Å². The molecule has 2 aromatic carbocycles. The molecule has 0 spiro atoms. The highest BCUT2D eigenvalue weighted by atomic mass is 16.5. The summed E-state index contributed by atoms with van der Waals surface area (Å²) in [5, 5.41) is 17.8. The van der Waals surface area contributed by atoms with Crippen LogP contribution in [0.4, 0.5) is 0 Å². The number of benzene rings is 2. The van der Waals surface area contributed by atoms with Crippen molar-refractivity contribution in [1.29, 1.82) is 0 Å². The van der Waals surface area contributed by atoms with Gasteiger partial charge in [-0.25, -0.2) is 9.59 Å². The molecule has 1 saturated heterocycles. The number of amides is 1. The van der Waals surface area contributed by atoms with Gasteiger partial charge >= 0.3 is 11.9 Å². The molecule has 10 heteroatoms. The standard InChI is InChI=1S/C26H36N2O4.C2H2O4/c1-3-31-17-7-14-27-26(29)23-12-15-28(16-13-23)19-22-10-11-24(25(18-22)30-2)32-20-21-8-5-4-6-9-21;3-1(4)2(5)6/h4-6,8-11,18,23H,3,7,12-17,19-20H2,1-2H3,(H,27,29);(H,3,4)(H,5,6). The van der Waals surface area contributed by atoms with Crippen LogP contribution in [0.5, 0.6) is 11.5 Å². The maximum Gasteiger partial charge on any atom is 0.414 e. The van der Waals surface area contributed by atoms with E-state index in [1.807, 2.05) is 43.3 Å². The third kappa shape index (κ3) is 11.2. The normalized spacial score (nSPS) is 13.6. The third-order valence-electron chi connectivity index (χ3n) is 5.98. The summed E-state index contributed by atoms with van der Waals surface area (Å²) < 4.78 is 16.8. The zero-order valence-electron chi connectivity index (χ0n) is 22.1. The summed E-state index contributed by atoms with van der Waals surface area (Å²) in [6.45, 7) is 7.30. The minimum atomic E-state index is -1.82. The lowest BCUT2D eigenvalue weighted by atomic mass is 9.95. The topological polar surface area (TPSA) is 135 Å². The molecule has 0 bridgehead atoms. The van der Waals surface area contributed by atoms with Crippen LogP contribution in [0, 0.1) is 5.92 Å². The highest BCUT2D eigenvalue weighted by molar-refractivity contribution is 6.27. The number of carbonyl (C=O) groups excluding carboxylic acids is 1. The van der Waals surface area contributed by atoms with Crippen molar-refractivity contribution in [3.8, 4) is 11.5 Å². The van der Waals surface area contributed by atoms with Crippen LogP contribution >= 0.6 is 0 Å². The van der Waals surface area contributed by atoms with Crippen LogP contribution in [0.1, 0.15) is 37.3 Å². The number of hydrogen-bond acceptors (Lipinski definition) is 7. The number of nitrogens with one attached hydrogen (secondary N) is 1. The van der Waals surface area contributed by atoms with E-state index >= 15 is 0 Å². The van der Waals surface area contributed by atoms with Crippen LogP contribution in [0.2, 0.25) is 0 Å². The molecule has 1 aliphatic rings. The molecule has 0 saturated carbocycles. The number of carboxylic acids is 2. The largest absolute Gasteiger partial charge is 0.493 e. The number of piperidine rings is 1. The van der Waals surface area contributed by atoms with E-state index in [-0.39, 0.29) is 11.8 Å². The van der Waals surface area contributed by atoms with Crippen molar-refractivity contribution < 1.29 is 38.8 Å². The molecule has 0 aliphatic carbocycles. The van der Waals surface area contributed by atoms with Gasteiger partial charge in [-0.3, -0.25) is 9.69 Å². The van der Waals surface area contributed by atoms with Crippen molar-refractivity contribution in [3.63, 3.8) is 0 Å². The zero-order chi connectivity index (χ0) is 27.8. The predicted molar refractivity (Wildman–Crippen MR) is 141 cm³/mol. The van der Waals surface area contributed by atoms with Gasteiger partial charge in [0.25, 0.3) is 0 Å². The smallest absolute Gasteiger partial charge is 0.414 e. The Morgan fingerprint density at radius 2 is 1.66 bits per heavy atom. The quantitative estimate of drug-likeness (QED) is 0.279. The average Bonchev–Trinajstić information content (AvgIpc) is 2.93. The first-order valence-corrected chi connectivity index (χ1v) is 12.7. The number of methoxy groups -OCH3 is 1. The Balaban J connectivity index is 0.000000757. The molecule has 0 radical (unpaired) electrons. The maximum absolute atomic E-state index is 12.4. The van der Waals surface area contributed by atoms with Gasteiger partial charge in [-0.05, 0) is 62.5 Å². The second-order valence-corrected chi connectivity index (χ2v) is 8.76. The van der Waals surface area contributed by atoms with Gasteiger partial charge < -0.3 is 29.7 Å². The lowest BCUT2D eigenvalue weighted by molar-refractivity contribution is -0.159. The molecule has 38 heavy (non-hydrogen) atoms. The Morgan fingerprint density at radius 3 is 2.26 bits per heavy atom. The van der Waals surface area contributed by atoms with E-state index < -0.39 is 11.9 Å². The first kappa shape index (κ1) is 30.6. The summed E-state index contributed by atoms with van der Waals surface area (Å²) >= 11 is 0. The summed E-state index contributed by atoms with van der Waals surface area (Å²) in [6, 6.07) is 16.2. The van der Waals surface area contributed by atoms with Crippen molar-refractivity contribution in [2.45, 2.75) is 39.3 Å². The number of aliphatic carboxylic acids is 2. The summed E-state index contributed by atoms with van der Waals surface area (Å²) in [5.41, 5.74) is 2.31. The van der Waals surface area contributed by atoms with Gasteiger partial charge in [0.15, 0.2) is 11.5 Å². The van der Waals surface area contributed by atoms with Crippen LogP contribution in [0.25, 0.3) is 0 Å². The lowest BCUT2D eigenvalue weighted by Crippen LogP contribution is -2.40. The Morgan fingerprint density at radius 1 is 0.974 bits per heavy atom. The number of carboxylic acid groups (broad SMARTS) is 2. The number of carbonyl (C=O) groups is 3. The third-order valence-corrected chi connectivity index (χ3v) is 5.98. The monoisotopic (exact) mass is 530 g/mol. The first-order valence-electron chi connectivity index (χ1n) is 12.7.